The maximum Gasteiger partial charge on any atom is 0.344 e. The molecule has 100 valence electrons. The zero-order chi connectivity index (χ0) is 13.7. The molecule has 0 aromatic heterocycles. The highest BCUT2D eigenvalue weighted by Gasteiger charge is 2.19. The van der Waals surface area contributed by atoms with Gasteiger partial charge in [0.1, 0.15) is 0 Å². The van der Waals surface area contributed by atoms with Crippen LogP contribution in [0, 0.1) is 0 Å². The van der Waals surface area contributed by atoms with Gasteiger partial charge in [-0.1, -0.05) is 13.0 Å². The van der Waals surface area contributed by atoms with E-state index in [4.69, 9.17) is 14.6 Å². The van der Waals surface area contributed by atoms with Crippen molar-refractivity contribution < 1.29 is 24.5 Å². The summed E-state index contributed by atoms with van der Waals surface area (Å²) in [4.78, 5) is 10.9. The number of hydrogen-bond donors (Lipinski definition) is 2. The van der Waals surface area contributed by atoms with Crippen LogP contribution < -0.4 is 9.47 Å². The molecule has 2 atom stereocenters. The van der Waals surface area contributed by atoms with E-state index in [1.807, 2.05) is 0 Å². The van der Waals surface area contributed by atoms with Gasteiger partial charge in [0.15, 0.2) is 17.6 Å². The molecule has 0 amide bonds. The van der Waals surface area contributed by atoms with Gasteiger partial charge in [-0.05, 0) is 31.0 Å². The first kappa shape index (κ1) is 14.3. The molecule has 1 unspecified atom stereocenters. The van der Waals surface area contributed by atoms with Crippen molar-refractivity contribution in [2.45, 2.75) is 32.5 Å². The van der Waals surface area contributed by atoms with Gasteiger partial charge in [0.05, 0.1) is 13.2 Å². The lowest BCUT2D eigenvalue weighted by Crippen LogP contribution is -2.26. The first-order valence-corrected chi connectivity index (χ1v) is 5.75. The highest BCUT2D eigenvalue weighted by atomic mass is 16.5. The van der Waals surface area contributed by atoms with E-state index >= 15 is 0 Å². The number of benzene rings is 1. The number of carboxylic acids is 1. The largest absolute Gasteiger partial charge is 0.493 e. The smallest absolute Gasteiger partial charge is 0.344 e. The van der Waals surface area contributed by atoms with Gasteiger partial charge in [-0.3, -0.25) is 0 Å². The SMILES string of the molecule is CCC(Oc1ccc([C@H](C)O)cc1OC)C(=O)O. The molecule has 0 heterocycles. The number of aliphatic carboxylic acids is 1. The third kappa shape index (κ3) is 3.37. The number of aliphatic hydroxyl groups is 1. The maximum absolute atomic E-state index is 10.9. The Morgan fingerprint density at radius 1 is 1.39 bits per heavy atom. The number of methoxy groups -OCH3 is 1. The van der Waals surface area contributed by atoms with Crippen molar-refractivity contribution in [3.05, 3.63) is 23.8 Å². The Labute approximate surface area is 106 Å². The van der Waals surface area contributed by atoms with Gasteiger partial charge in [-0.25, -0.2) is 4.79 Å². The van der Waals surface area contributed by atoms with Crippen molar-refractivity contribution in [2.24, 2.45) is 0 Å². The second-order valence-electron chi connectivity index (χ2n) is 3.94. The Morgan fingerprint density at radius 2 is 2.06 bits per heavy atom. The topological polar surface area (TPSA) is 76.0 Å². The van der Waals surface area contributed by atoms with Gasteiger partial charge in [-0.2, -0.15) is 0 Å². The molecule has 0 saturated carbocycles. The van der Waals surface area contributed by atoms with E-state index in [9.17, 15) is 9.90 Å². The Balaban J connectivity index is 2.98. The summed E-state index contributed by atoms with van der Waals surface area (Å²) in [7, 11) is 1.47. The lowest BCUT2D eigenvalue weighted by atomic mass is 10.1. The van der Waals surface area contributed by atoms with Crippen molar-refractivity contribution in [2.75, 3.05) is 7.11 Å². The van der Waals surface area contributed by atoms with Crippen LogP contribution in [0.25, 0.3) is 0 Å². The summed E-state index contributed by atoms with van der Waals surface area (Å²) in [5, 5.41) is 18.4. The lowest BCUT2D eigenvalue weighted by molar-refractivity contribution is -0.145. The summed E-state index contributed by atoms with van der Waals surface area (Å²) in [6, 6.07) is 4.91. The zero-order valence-electron chi connectivity index (χ0n) is 10.7. The fourth-order valence-electron chi connectivity index (χ4n) is 1.50. The van der Waals surface area contributed by atoms with Gasteiger partial charge in [-0.15, -0.1) is 0 Å². The summed E-state index contributed by atoms with van der Waals surface area (Å²) < 4.78 is 10.5. The molecule has 1 aromatic carbocycles. The van der Waals surface area contributed by atoms with E-state index in [1.165, 1.54) is 7.11 Å². The normalized spacial score (nSPS) is 13.8. The van der Waals surface area contributed by atoms with Crippen LogP contribution in [-0.2, 0) is 4.79 Å². The van der Waals surface area contributed by atoms with Gasteiger partial charge >= 0.3 is 5.97 Å². The molecule has 1 rings (SSSR count). The van der Waals surface area contributed by atoms with Crippen LogP contribution in [-0.4, -0.2) is 29.4 Å². The predicted molar refractivity (Wildman–Crippen MR) is 66.0 cm³/mol. The van der Waals surface area contributed by atoms with Crippen molar-refractivity contribution >= 4 is 5.97 Å². The first-order valence-electron chi connectivity index (χ1n) is 5.75. The van der Waals surface area contributed by atoms with Crippen molar-refractivity contribution in [1.29, 1.82) is 0 Å². The lowest BCUT2D eigenvalue weighted by Gasteiger charge is -2.17. The van der Waals surface area contributed by atoms with Gasteiger partial charge in [0.2, 0.25) is 0 Å². The van der Waals surface area contributed by atoms with Crippen molar-refractivity contribution in [3.8, 4) is 11.5 Å². The summed E-state index contributed by atoms with van der Waals surface area (Å²) in [5.41, 5.74) is 0.683. The molecular weight excluding hydrogens is 236 g/mol. The zero-order valence-corrected chi connectivity index (χ0v) is 10.7. The molecule has 0 aliphatic carbocycles. The van der Waals surface area contributed by atoms with Crippen molar-refractivity contribution in [3.63, 3.8) is 0 Å². The van der Waals surface area contributed by atoms with E-state index in [-0.39, 0.29) is 0 Å². The van der Waals surface area contributed by atoms with E-state index in [0.29, 0.717) is 23.5 Å². The second-order valence-corrected chi connectivity index (χ2v) is 3.94. The molecule has 0 aliphatic rings. The molecular formula is C13H18O5. The summed E-state index contributed by atoms with van der Waals surface area (Å²) in [5.74, 6) is -0.247. The molecule has 0 spiro atoms. The van der Waals surface area contributed by atoms with E-state index in [0.717, 1.165) is 0 Å². The molecule has 1 aromatic rings. The molecule has 0 fully saturated rings. The number of aliphatic hydroxyl groups excluding tert-OH is 1. The van der Waals surface area contributed by atoms with Crippen molar-refractivity contribution in [1.82, 2.24) is 0 Å². The fraction of sp³-hybridized carbons (Fsp3) is 0.462. The fourth-order valence-corrected chi connectivity index (χ4v) is 1.50. The third-order valence-electron chi connectivity index (χ3n) is 2.59. The van der Waals surface area contributed by atoms with Crippen LogP contribution >= 0.6 is 0 Å². The van der Waals surface area contributed by atoms with Crippen LogP contribution in [0.5, 0.6) is 11.5 Å². The van der Waals surface area contributed by atoms with Gasteiger partial charge < -0.3 is 19.7 Å². The molecule has 2 N–H and O–H groups in total. The minimum Gasteiger partial charge on any atom is -0.493 e. The average molecular weight is 254 g/mol. The first-order chi connectivity index (χ1) is 8.49. The molecule has 0 saturated heterocycles. The molecule has 0 aliphatic heterocycles. The van der Waals surface area contributed by atoms with Crippen LogP contribution in [0.1, 0.15) is 31.9 Å². The van der Waals surface area contributed by atoms with E-state index in [1.54, 1.807) is 32.0 Å². The number of hydrogen-bond acceptors (Lipinski definition) is 4. The Kier molecular flexibility index (Phi) is 4.97. The second kappa shape index (κ2) is 6.26. The Bertz CT molecular complexity index is 414. The average Bonchev–Trinajstić information content (AvgIpc) is 2.35. The van der Waals surface area contributed by atoms with E-state index in [2.05, 4.69) is 0 Å². The minimum absolute atomic E-state index is 0.358. The maximum atomic E-state index is 10.9. The molecule has 0 bridgehead atoms. The highest BCUT2D eigenvalue weighted by Crippen LogP contribution is 2.31. The number of carboxylic acid groups (broad SMARTS) is 1. The van der Waals surface area contributed by atoms with Crippen LogP contribution in [0.2, 0.25) is 0 Å². The standard InChI is InChI=1S/C13H18O5/c1-4-10(13(15)16)18-11-6-5-9(8(2)14)7-12(11)17-3/h5-8,10,14H,4H2,1-3H3,(H,15,16)/t8-,10?/m0/s1. The minimum atomic E-state index is -1.01. The molecule has 18 heavy (non-hydrogen) atoms. The molecule has 0 radical (unpaired) electrons. The van der Waals surface area contributed by atoms with Crippen LogP contribution in [0.15, 0.2) is 18.2 Å². The predicted octanol–water partition coefficient (Wildman–Crippen LogP) is 1.99. The quantitative estimate of drug-likeness (QED) is 0.812. The highest BCUT2D eigenvalue weighted by molar-refractivity contribution is 5.72. The van der Waals surface area contributed by atoms with Crippen LogP contribution in [0.4, 0.5) is 0 Å². The summed E-state index contributed by atoms with van der Waals surface area (Å²) >= 11 is 0. The van der Waals surface area contributed by atoms with Crippen LogP contribution in [0.3, 0.4) is 0 Å². The molecule has 5 nitrogen and oxygen atoms in total. The number of carbonyl (C=O) groups is 1. The Morgan fingerprint density at radius 3 is 2.50 bits per heavy atom. The third-order valence-corrected chi connectivity index (χ3v) is 2.59. The summed E-state index contributed by atoms with van der Waals surface area (Å²) in [6.07, 6.45) is -1.16. The van der Waals surface area contributed by atoms with Gasteiger partial charge in [0, 0.05) is 0 Å². The number of ether oxygens (including phenoxy) is 2. The van der Waals surface area contributed by atoms with Gasteiger partial charge in [0.25, 0.3) is 0 Å². The number of rotatable bonds is 6. The summed E-state index contributed by atoms with van der Waals surface area (Å²) in [6.45, 7) is 3.37. The monoisotopic (exact) mass is 254 g/mol. The molecule has 5 heteroatoms. The Hall–Kier alpha value is -1.75. The van der Waals surface area contributed by atoms with E-state index < -0.39 is 18.2 Å².